The van der Waals surface area contributed by atoms with Gasteiger partial charge in [0.05, 0.1) is 11.4 Å². The predicted molar refractivity (Wildman–Crippen MR) is 87.0 cm³/mol. The first-order chi connectivity index (χ1) is 10.4. The highest BCUT2D eigenvalue weighted by atomic mass is 32.2. The van der Waals surface area contributed by atoms with Crippen molar-refractivity contribution in [2.45, 2.75) is 24.5 Å². The van der Waals surface area contributed by atoms with E-state index in [1.165, 1.54) is 30.4 Å². The summed E-state index contributed by atoms with van der Waals surface area (Å²) in [6.45, 7) is 0. The van der Waals surface area contributed by atoms with Crippen LogP contribution in [0.5, 0.6) is 0 Å². The molecule has 0 bridgehead atoms. The maximum Gasteiger partial charge on any atom is 0.257 e. The molecule has 0 saturated heterocycles. The standard InChI is InChI=1S/C15H16N2O3S2/c1-22(19,20)9-10-3-2-4-12(7-10)14(18)17-15-16-13(8-21-15)11-5-6-11/h2-4,7-8,11H,5-6,9H2,1H3,(H,16,17,18). The molecule has 1 fully saturated rings. The molecule has 1 aromatic heterocycles. The molecule has 1 heterocycles. The normalized spacial score (nSPS) is 14.8. The second-order valence-corrected chi connectivity index (χ2v) is 8.57. The van der Waals surface area contributed by atoms with Crippen LogP contribution in [-0.2, 0) is 15.6 Å². The minimum absolute atomic E-state index is 0.0722. The van der Waals surface area contributed by atoms with Crippen LogP contribution in [-0.4, -0.2) is 25.6 Å². The van der Waals surface area contributed by atoms with Crippen LogP contribution in [0.4, 0.5) is 5.13 Å². The smallest absolute Gasteiger partial charge is 0.257 e. The largest absolute Gasteiger partial charge is 0.298 e. The molecule has 1 aliphatic carbocycles. The minimum atomic E-state index is -3.12. The van der Waals surface area contributed by atoms with Crippen LogP contribution in [0.15, 0.2) is 29.6 Å². The van der Waals surface area contributed by atoms with E-state index in [0.717, 1.165) is 5.69 Å². The SMILES string of the molecule is CS(=O)(=O)Cc1cccc(C(=O)Nc2nc(C3CC3)cs2)c1. The van der Waals surface area contributed by atoms with E-state index in [1.54, 1.807) is 24.3 Å². The fourth-order valence-electron chi connectivity index (χ4n) is 2.18. The Morgan fingerprint density at radius 2 is 2.18 bits per heavy atom. The van der Waals surface area contributed by atoms with E-state index in [1.807, 2.05) is 5.38 Å². The lowest BCUT2D eigenvalue weighted by atomic mass is 10.1. The first-order valence-corrected chi connectivity index (χ1v) is 9.88. The number of anilines is 1. The lowest BCUT2D eigenvalue weighted by molar-refractivity contribution is 0.102. The molecule has 0 aliphatic heterocycles. The lowest BCUT2D eigenvalue weighted by Crippen LogP contribution is -2.12. The Morgan fingerprint density at radius 1 is 1.41 bits per heavy atom. The van der Waals surface area contributed by atoms with Crippen molar-refractivity contribution in [1.82, 2.24) is 4.98 Å². The van der Waals surface area contributed by atoms with Gasteiger partial charge in [0, 0.05) is 23.1 Å². The van der Waals surface area contributed by atoms with E-state index >= 15 is 0 Å². The number of benzene rings is 1. The third-order valence-corrected chi connectivity index (χ3v) is 4.99. The van der Waals surface area contributed by atoms with E-state index in [2.05, 4.69) is 10.3 Å². The average Bonchev–Trinajstić information content (AvgIpc) is 3.18. The van der Waals surface area contributed by atoms with Crippen LogP contribution < -0.4 is 5.32 Å². The molecule has 5 nitrogen and oxygen atoms in total. The zero-order chi connectivity index (χ0) is 15.7. The maximum absolute atomic E-state index is 12.2. The first-order valence-electron chi connectivity index (χ1n) is 6.94. The van der Waals surface area contributed by atoms with Crippen LogP contribution in [0.2, 0.25) is 0 Å². The van der Waals surface area contributed by atoms with Gasteiger partial charge in [-0.3, -0.25) is 10.1 Å². The summed E-state index contributed by atoms with van der Waals surface area (Å²) in [5.41, 5.74) is 2.09. The van der Waals surface area contributed by atoms with Crippen LogP contribution in [0, 0.1) is 0 Å². The summed E-state index contributed by atoms with van der Waals surface area (Å²) in [5, 5.41) is 5.33. The van der Waals surface area contributed by atoms with Gasteiger partial charge in [-0.15, -0.1) is 11.3 Å². The molecule has 116 valence electrons. The van der Waals surface area contributed by atoms with Crippen LogP contribution in [0.3, 0.4) is 0 Å². The van der Waals surface area contributed by atoms with E-state index in [-0.39, 0.29) is 11.7 Å². The summed E-state index contributed by atoms with van der Waals surface area (Å²) >= 11 is 1.42. The Kier molecular flexibility index (Phi) is 4.01. The van der Waals surface area contributed by atoms with Gasteiger partial charge in [0.25, 0.3) is 5.91 Å². The van der Waals surface area contributed by atoms with Crippen molar-refractivity contribution in [3.05, 3.63) is 46.5 Å². The highest BCUT2D eigenvalue weighted by molar-refractivity contribution is 7.89. The van der Waals surface area contributed by atoms with Gasteiger partial charge in [-0.25, -0.2) is 13.4 Å². The van der Waals surface area contributed by atoms with Gasteiger partial charge in [-0.1, -0.05) is 12.1 Å². The number of thiazole rings is 1. The maximum atomic E-state index is 12.2. The van der Waals surface area contributed by atoms with Gasteiger partial charge >= 0.3 is 0 Å². The Labute approximate surface area is 133 Å². The van der Waals surface area contributed by atoms with Crippen molar-refractivity contribution >= 4 is 32.2 Å². The summed E-state index contributed by atoms with van der Waals surface area (Å²) in [6.07, 6.45) is 3.52. The number of sulfone groups is 1. The monoisotopic (exact) mass is 336 g/mol. The van der Waals surface area contributed by atoms with Gasteiger partial charge in [-0.05, 0) is 30.5 Å². The number of hydrogen-bond acceptors (Lipinski definition) is 5. The molecular formula is C15H16N2O3S2. The predicted octanol–water partition coefficient (Wildman–Crippen LogP) is 2.82. The van der Waals surface area contributed by atoms with Crippen LogP contribution in [0.25, 0.3) is 0 Å². The molecule has 2 aromatic rings. The summed E-state index contributed by atoms with van der Waals surface area (Å²) < 4.78 is 22.7. The third-order valence-electron chi connectivity index (χ3n) is 3.36. The molecule has 1 aliphatic rings. The van der Waals surface area contributed by atoms with Crippen molar-refractivity contribution in [3.8, 4) is 0 Å². The second kappa shape index (κ2) is 5.81. The molecular weight excluding hydrogens is 320 g/mol. The molecule has 0 spiro atoms. The molecule has 1 amide bonds. The van der Waals surface area contributed by atoms with Crippen molar-refractivity contribution < 1.29 is 13.2 Å². The quantitative estimate of drug-likeness (QED) is 0.911. The molecule has 0 unspecified atom stereocenters. The number of carbonyl (C=O) groups is 1. The van der Waals surface area contributed by atoms with Gasteiger partial charge in [0.2, 0.25) is 0 Å². The highest BCUT2D eigenvalue weighted by Gasteiger charge is 2.26. The van der Waals surface area contributed by atoms with E-state index in [9.17, 15) is 13.2 Å². The third kappa shape index (κ3) is 3.92. The Morgan fingerprint density at radius 3 is 2.86 bits per heavy atom. The number of hydrogen-bond donors (Lipinski definition) is 1. The fourth-order valence-corrected chi connectivity index (χ4v) is 3.76. The molecule has 1 N–H and O–H groups in total. The topological polar surface area (TPSA) is 76.1 Å². The van der Waals surface area contributed by atoms with Crippen LogP contribution in [0.1, 0.15) is 40.4 Å². The van der Waals surface area contributed by atoms with E-state index in [0.29, 0.717) is 22.2 Å². The molecule has 0 atom stereocenters. The highest BCUT2D eigenvalue weighted by Crippen LogP contribution is 2.40. The zero-order valence-electron chi connectivity index (χ0n) is 12.1. The van der Waals surface area contributed by atoms with Gasteiger partial charge in [0.1, 0.15) is 0 Å². The number of aromatic nitrogens is 1. The fraction of sp³-hybridized carbons (Fsp3) is 0.333. The number of carbonyl (C=O) groups excluding carboxylic acids is 1. The molecule has 22 heavy (non-hydrogen) atoms. The number of amides is 1. The first kappa shape index (κ1) is 15.2. The number of rotatable bonds is 5. The van der Waals surface area contributed by atoms with Gasteiger partial charge in [-0.2, -0.15) is 0 Å². The summed E-state index contributed by atoms with van der Waals surface area (Å²) in [5.74, 6) is 0.212. The van der Waals surface area contributed by atoms with Gasteiger partial charge in [0.15, 0.2) is 15.0 Å². The Hall–Kier alpha value is -1.73. The molecule has 1 saturated carbocycles. The second-order valence-electron chi connectivity index (χ2n) is 5.58. The zero-order valence-corrected chi connectivity index (χ0v) is 13.7. The Bertz CT molecular complexity index is 808. The van der Waals surface area contributed by atoms with Crippen molar-refractivity contribution in [3.63, 3.8) is 0 Å². The number of nitrogens with zero attached hydrogens (tertiary/aromatic N) is 1. The van der Waals surface area contributed by atoms with Crippen LogP contribution >= 0.6 is 11.3 Å². The van der Waals surface area contributed by atoms with Gasteiger partial charge < -0.3 is 0 Å². The van der Waals surface area contributed by atoms with Crippen molar-refractivity contribution in [2.24, 2.45) is 0 Å². The molecule has 7 heteroatoms. The van der Waals surface area contributed by atoms with Crippen molar-refractivity contribution in [1.29, 1.82) is 0 Å². The summed E-state index contributed by atoms with van der Waals surface area (Å²) in [4.78, 5) is 16.6. The van der Waals surface area contributed by atoms with Crippen molar-refractivity contribution in [2.75, 3.05) is 11.6 Å². The Balaban J connectivity index is 1.72. The summed E-state index contributed by atoms with van der Waals surface area (Å²) in [7, 11) is -3.12. The molecule has 3 rings (SSSR count). The lowest BCUT2D eigenvalue weighted by Gasteiger charge is -2.04. The van der Waals surface area contributed by atoms with E-state index in [4.69, 9.17) is 0 Å². The molecule has 1 aromatic carbocycles. The minimum Gasteiger partial charge on any atom is -0.298 e. The average molecular weight is 336 g/mol. The molecule has 0 radical (unpaired) electrons. The number of nitrogens with one attached hydrogen (secondary N) is 1. The summed E-state index contributed by atoms with van der Waals surface area (Å²) in [6, 6.07) is 6.65. The van der Waals surface area contributed by atoms with E-state index < -0.39 is 9.84 Å².